The molecule has 0 spiro atoms. The first-order valence-electron chi connectivity index (χ1n) is 6.28. The minimum absolute atomic E-state index is 0.0859. The lowest BCUT2D eigenvalue weighted by Crippen LogP contribution is -2.12. The number of hydrogen-bond acceptors (Lipinski definition) is 4. The van der Waals surface area contributed by atoms with Gasteiger partial charge >= 0.3 is 0 Å². The molecule has 2 aromatic carbocycles. The number of amides is 1. The molecule has 0 bridgehead atoms. The summed E-state index contributed by atoms with van der Waals surface area (Å²) in [5, 5.41) is 14.0. The highest BCUT2D eigenvalue weighted by Gasteiger charge is 2.17. The summed E-state index contributed by atoms with van der Waals surface area (Å²) in [4.78, 5) is 22.7. The molecule has 6 nitrogen and oxygen atoms in total. The second-order valence-corrected chi connectivity index (χ2v) is 5.68. The van der Waals surface area contributed by atoms with Crippen molar-refractivity contribution in [3.63, 3.8) is 0 Å². The molecule has 0 aliphatic carbocycles. The zero-order chi connectivity index (χ0) is 15.7. The third-order valence-electron chi connectivity index (χ3n) is 3.13. The van der Waals surface area contributed by atoms with Crippen LogP contribution in [0.5, 0.6) is 0 Å². The Morgan fingerprint density at radius 3 is 2.73 bits per heavy atom. The summed E-state index contributed by atoms with van der Waals surface area (Å²) in [5.41, 5.74) is 1.28. The van der Waals surface area contributed by atoms with Crippen molar-refractivity contribution in [2.75, 3.05) is 5.32 Å². The lowest BCUT2D eigenvalue weighted by molar-refractivity contribution is -0.384. The number of anilines is 1. The fourth-order valence-corrected chi connectivity index (χ4v) is 2.58. The molecule has 3 aromatic rings. The molecule has 22 heavy (non-hydrogen) atoms. The number of para-hydroxylation sites is 1. The number of fused-ring (bicyclic) bond motifs is 1. The number of carbonyl (C=O) groups is 1. The molecule has 0 saturated heterocycles. The average molecular weight is 408 g/mol. The van der Waals surface area contributed by atoms with Crippen LogP contribution in [0.2, 0.25) is 0 Å². The maximum absolute atomic E-state index is 12.4. The van der Waals surface area contributed by atoms with Crippen LogP contribution < -0.4 is 5.32 Å². The summed E-state index contributed by atoms with van der Waals surface area (Å²) in [6.07, 6.45) is 1.31. The largest absolute Gasteiger partial charge is 0.463 e. The van der Waals surface area contributed by atoms with Gasteiger partial charge in [0.2, 0.25) is 0 Å². The number of carbonyl (C=O) groups excluding carboxylic acids is 1. The molecule has 0 aliphatic rings. The monoisotopic (exact) mass is 408 g/mol. The predicted octanol–water partition coefficient (Wildman–Crippen LogP) is 4.20. The molecule has 0 atom stereocenters. The molecule has 7 heteroatoms. The SMILES string of the molecule is O=C(Nc1ccccc1I)c1coc2ccc([N+](=O)[O-])cc12. The molecule has 0 saturated carbocycles. The van der Waals surface area contributed by atoms with E-state index in [1.54, 1.807) is 6.07 Å². The number of furan rings is 1. The molecule has 1 amide bonds. The van der Waals surface area contributed by atoms with Gasteiger partial charge in [0, 0.05) is 21.1 Å². The van der Waals surface area contributed by atoms with Crippen LogP contribution in [-0.2, 0) is 0 Å². The third kappa shape index (κ3) is 2.67. The number of nitro groups is 1. The van der Waals surface area contributed by atoms with Crippen molar-refractivity contribution in [1.82, 2.24) is 0 Å². The Morgan fingerprint density at radius 1 is 1.23 bits per heavy atom. The summed E-state index contributed by atoms with van der Waals surface area (Å²) in [6.45, 7) is 0. The second kappa shape index (κ2) is 5.76. The first kappa shape index (κ1) is 14.5. The van der Waals surface area contributed by atoms with Gasteiger partial charge in [0.1, 0.15) is 11.8 Å². The van der Waals surface area contributed by atoms with E-state index >= 15 is 0 Å². The molecule has 1 heterocycles. The van der Waals surface area contributed by atoms with Crippen molar-refractivity contribution in [2.24, 2.45) is 0 Å². The van der Waals surface area contributed by atoms with Crippen molar-refractivity contribution < 1.29 is 14.1 Å². The van der Waals surface area contributed by atoms with E-state index in [1.807, 2.05) is 18.2 Å². The molecule has 0 fully saturated rings. The van der Waals surface area contributed by atoms with Crippen LogP contribution in [0.3, 0.4) is 0 Å². The fraction of sp³-hybridized carbons (Fsp3) is 0. The van der Waals surface area contributed by atoms with E-state index in [-0.39, 0.29) is 17.2 Å². The van der Waals surface area contributed by atoms with Gasteiger partial charge in [-0.25, -0.2) is 0 Å². The molecule has 0 aliphatic heterocycles. The van der Waals surface area contributed by atoms with E-state index in [2.05, 4.69) is 27.9 Å². The Kier molecular flexibility index (Phi) is 3.80. The van der Waals surface area contributed by atoms with Crippen LogP contribution in [0, 0.1) is 13.7 Å². The van der Waals surface area contributed by atoms with Gasteiger partial charge in [-0.05, 0) is 40.8 Å². The highest BCUT2D eigenvalue weighted by molar-refractivity contribution is 14.1. The van der Waals surface area contributed by atoms with E-state index in [0.717, 1.165) is 3.57 Å². The zero-order valence-corrected chi connectivity index (χ0v) is 13.2. The number of non-ortho nitro benzene ring substituents is 1. The topological polar surface area (TPSA) is 85.4 Å². The van der Waals surface area contributed by atoms with Crippen molar-refractivity contribution in [1.29, 1.82) is 0 Å². The number of hydrogen-bond donors (Lipinski definition) is 1. The van der Waals surface area contributed by atoms with Crippen molar-refractivity contribution >= 4 is 50.8 Å². The minimum Gasteiger partial charge on any atom is -0.463 e. The Bertz CT molecular complexity index is 888. The molecule has 110 valence electrons. The Labute approximate surface area is 138 Å². The van der Waals surface area contributed by atoms with E-state index in [0.29, 0.717) is 16.7 Å². The summed E-state index contributed by atoms with van der Waals surface area (Å²) < 4.78 is 6.18. The van der Waals surface area contributed by atoms with Gasteiger partial charge in [-0.1, -0.05) is 12.1 Å². The first-order valence-corrected chi connectivity index (χ1v) is 7.35. The van der Waals surface area contributed by atoms with Gasteiger partial charge in [0.15, 0.2) is 0 Å². The van der Waals surface area contributed by atoms with E-state index in [1.165, 1.54) is 24.5 Å². The quantitative estimate of drug-likeness (QED) is 0.400. The van der Waals surface area contributed by atoms with Gasteiger partial charge in [-0.2, -0.15) is 0 Å². The van der Waals surface area contributed by atoms with Gasteiger partial charge in [0.05, 0.1) is 16.2 Å². The number of rotatable bonds is 3. The number of halogens is 1. The summed E-state index contributed by atoms with van der Waals surface area (Å²) in [7, 11) is 0. The molecular formula is C15H9IN2O4. The van der Waals surface area contributed by atoms with Gasteiger partial charge in [-0.3, -0.25) is 14.9 Å². The van der Waals surface area contributed by atoms with Gasteiger partial charge in [0.25, 0.3) is 11.6 Å². The number of nitro benzene ring substituents is 1. The summed E-state index contributed by atoms with van der Waals surface area (Å²) in [6, 6.07) is 11.5. The fourth-order valence-electron chi connectivity index (χ4n) is 2.06. The predicted molar refractivity (Wildman–Crippen MR) is 90.0 cm³/mol. The molecule has 0 radical (unpaired) electrons. The van der Waals surface area contributed by atoms with Crippen LogP contribution in [0.25, 0.3) is 11.0 Å². The first-order chi connectivity index (χ1) is 10.6. The molecular weight excluding hydrogens is 399 g/mol. The average Bonchev–Trinajstić information content (AvgIpc) is 2.92. The maximum atomic E-state index is 12.4. The van der Waals surface area contributed by atoms with Crippen LogP contribution in [-0.4, -0.2) is 10.8 Å². The van der Waals surface area contributed by atoms with E-state index < -0.39 is 4.92 Å². The molecule has 1 N–H and O–H groups in total. The zero-order valence-electron chi connectivity index (χ0n) is 11.1. The molecule has 3 rings (SSSR count). The minimum atomic E-state index is -0.506. The lowest BCUT2D eigenvalue weighted by Gasteiger charge is -2.05. The standard InChI is InChI=1S/C15H9IN2O4/c16-12-3-1-2-4-13(12)17-15(19)11-8-22-14-6-5-9(18(20)21)7-10(11)14/h1-8H,(H,17,19). The van der Waals surface area contributed by atoms with E-state index in [9.17, 15) is 14.9 Å². The maximum Gasteiger partial charge on any atom is 0.270 e. The van der Waals surface area contributed by atoms with Crippen LogP contribution >= 0.6 is 22.6 Å². The van der Waals surface area contributed by atoms with Gasteiger partial charge in [-0.15, -0.1) is 0 Å². The molecule has 0 unspecified atom stereocenters. The lowest BCUT2D eigenvalue weighted by atomic mass is 10.1. The highest BCUT2D eigenvalue weighted by Crippen LogP contribution is 2.27. The second-order valence-electron chi connectivity index (χ2n) is 4.52. The van der Waals surface area contributed by atoms with Crippen LogP contribution in [0.4, 0.5) is 11.4 Å². The smallest absolute Gasteiger partial charge is 0.270 e. The van der Waals surface area contributed by atoms with Gasteiger partial charge < -0.3 is 9.73 Å². The van der Waals surface area contributed by atoms with Crippen molar-refractivity contribution in [3.05, 3.63) is 68.0 Å². The van der Waals surface area contributed by atoms with Crippen LogP contribution in [0.15, 0.2) is 53.1 Å². The number of nitrogens with one attached hydrogen (secondary N) is 1. The van der Waals surface area contributed by atoms with Crippen molar-refractivity contribution in [3.8, 4) is 0 Å². The Balaban J connectivity index is 1.99. The van der Waals surface area contributed by atoms with Crippen LogP contribution in [0.1, 0.15) is 10.4 Å². The molecule has 1 aromatic heterocycles. The van der Waals surface area contributed by atoms with E-state index in [4.69, 9.17) is 4.42 Å². The highest BCUT2D eigenvalue weighted by atomic mass is 127. The summed E-state index contributed by atoms with van der Waals surface area (Å²) >= 11 is 2.12. The number of nitrogens with zero attached hydrogens (tertiary/aromatic N) is 1. The Hall–Kier alpha value is -2.42. The van der Waals surface area contributed by atoms with Crippen molar-refractivity contribution in [2.45, 2.75) is 0 Å². The number of benzene rings is 2. The summed E-state index contributed by atoms with van der Waals surface area (Å²) in [5.74, 6) is -0.372. The third-order valence-corrected chi connectivity index (χ3v) is 4.08. The Morgan fingerprint density at radius 2 is 2.00 bits per heavy atom. The normalized spacial score (nSPS) is 10.6.